The van der Waals surface area contributed by atoms with Crippen molar-refractivity contribution in [2.24, 2.45) is 12.0 Å². The number of aromatic nitrogens is 2. The lowest BCUT2D eigenvalue weighted by Crippen LogP contribution is -2.37. The molecule has 1 aromatic carbocycles. The fourth-order valence-electron chi connectivity index (χ4n) is 2.09. The molecule has 2 rings (SSSR count). The molecule has 0 amide bonds. The number of benzene rings is 1. The Morgan fingerprint density at radius 1 is 1.30 bits per heavy atom. The summed E-state index contributed by atoms with van der Waals surface area (Å²) < 4.78 is 2.95. The van der Waals surface area contributed by atoms with E-state index in [0.717, 1.165) is 22.7 Å². The summed E-state index contributed by atoms with van der Waals surface area (Å²) in [6.07, 6.45) is 1.80. The number of rotatable bonds is 5. The molecule has 2 N–H and O–H groups in total. The van der Waals surface area contributed by atoms with Gasteiger partial charge in [0.2, 0.25) is 0 Å². The van der Waals surface area contributed by atoms with E-state index in [2.05, 4.69) is 62.6 Å². The van der Waals surface area contributed by atoms with Gasteiger partial charge in [-0.1, -0.05) is 22.0 Å². The highest BCUT2D eigenvalue weighted by Crippen LogP contribution is 2.16. The molecular formula is C16H23BrIN5. The molecule has 0 bridgehead atoms. The zero-order chi connectivity index (χ0) is 15.9. The summed E-state index contributed by atoms with van der Waals surface area (Å²) >= 11 is 3.49. The molecule has 0 saturated carbocycles. The van der Waals surface area contributed by atoms with Gasteiger partial charge >= 0.3 is 0 Å². The second-order valence-corrected chi connectivity index (χ2v) is 5.98. The van der Waals surface area contributed by atoms with Crippen LogP contribution in [0.2, 0.25) is 0 Å². The number of aliphatic imine (C=N–C) groups is 1. The third-order valence-corrected chi connectivity index (χ3v) is 3.91. The van der Waals surface area contributed by atoms with Crippen molar-refractivity contribution >= 4 is 45.9 Å². The van der Waals surface area contributed by atoms with Crippen LogP contribution in [0.3, 0.4) is 0 Å². The van der Waals surface area contributed by atoms with Gasteiger partial charge in [0.25, 0.3) is 0 Å². The predicted octanol–water partition coefficient (Wildman–Crippen LogP) is 3.36. The van der Waals surface area contributed by atoms with Crippen molar-refractivity contribution < 1.29 is 0 Å². The average molecular weight is 492 g/mol. The fourth-order valence-corrected chi connectivity index (χ4v) is 2.57. The van der Waals surface area contributed by atoms with Crippen molar-refractivity contribution in [1.82, 2.24) is 20.4 Å². The lowest BCUT2D eigenvalue weighted by atomic mass is 10.1. The van der Waals surface area contributed by atoms with Crippen LogP contribution >= 0.6 is 39.9 Å². The number of nitrogens with one attached hydrogen (secondary N) is 2. The number of aryl methyl sites for hydroxylation is 2. The molecule has 23 heavy (non-hydrogen) atoms. The largest absolute Gasteiger partial charge is 0.357 e. The summed E-state index contributed by atoms with van der Waals surface area (Å²) in [4.78, 5) is 4.65. The molecule has 0 radical (unpaired) electrons. The molecule has 0 fully saturated rings. The van der Waals surface area contributed by atoms with Crippen LogP contribution in [-0.4, -0.2) is 22.3 Å². The molecule has 0 aliphatic heterocycles. The Balaban J connectivity index is 0.00000264. The molecule has 0 unspecified atom stereocenters. The molecule has 0 aliphatic rings. The fraction of sp³-hybridized carbons (Fsp3) is 0.375. The summed E-state index contributed by atoms with van der Waals surface area (Å²) in [5, 5.41) is 10.8. The highest BCUT2D eigenvalue weighted by atomic mass is 127. The van der Waals surface area contributed by atoms with Gasteiger partial charge in [-0.2, -0.15) is 5.10 Å². The molecule has 7 heteroatoms. The molecule has 1 heterocycles. The van der Waals surface area contributed by atoms with Gasteiger partial charge in [0.1, 0.15) is 0 Å². The maximum Gasteiger partial charge on any atom is 0.191 e. The minimum atomic E-state index is 0. The number of hydrogen-bond donors (Lipinski definition) is 2. The monoisotopic (exact) mass is 491 g/mol. The molecule has 0 aliphatic carbocycles. The van der Waals surface area contributed by atoms with E-state index in [0.29, 0.717) is 13.1 Å². The maximum absolute atomic E-state index is 4.65. The maximum atomic E-state index is 4.65. The van der Waals surface area contributed by atoms with Crippen molar-refractivity contribution in [3.8, 4) is 0 Å². The third-order valence-electron chi connectivity index (χ3n) is 3.42. The second-order valence-electron chi connectivity index (χ2n) is 5.07. The van der Waals surface area contributed by atoms with E-state index < -0.39 is 0 Å². The van der Waals surface area contributed by atoms with E-state index in [1.165, 1.54) is 11.1 Å². The van der Waals surface area contributed by atoms with E-state index in [1.807, 2.05) is 23.9 Å². The molecule has 0 atom stereocenters. The molecule has 5 nitrogen and oxygen atoms in total. The number of halogens is 2. The van der Waals surface area contributed by atoms with E-state index in [4.69, 9.17) is 0 Å². The van der Waals surface area contributed by atoms with Crippen LogP contribution in [0.5, 0.6) is 0 Å². The van der Waals surface area contributed by atoms with Crippen LogP contribution in [-0.2, 0) is 20.1 Å². The first-order valence-corrected chi connectivity index (χ1v) is 8.13. The summed E-state index contributed by atoms with van der Waals surface area (Å²) in [5.74, 6) is 0.811. The van der Waals surface area contributed by atoms with Crippen LogP contribution in [0.4, 0.5) is 0 Å². The zero-order valence-electron chi connectivity index (χ0n) is 13.6. The summed E-state index contributed by atoms with van der Waals surface area (Å²) in [5.41, 5.74) is 3.58. The van der Waals surface area contributed by atoms with Gasteiger partial charge in [0.15, 0.2) is 5.96 Å². The highest BCUT2D eigenvalue weighted by molar-refractivity contribution is 14.0. The molecule has 126 valence electrons. The first kappa shape index (κ1) is 20.0. The van der Waals surface area contributed by atoms with E-state index in [1.54, 1.807) is 6.20 Å². The Morgan fingerprint density at radius 2 is 2.09 bits per heavy atom. The van der Waals surface area contributed by atoms with Crippen LogP contribution < -0.4 is 10.6 Å². The minimum absolute atomic E-state index is 0. The van der Waals surface area contributed by atoms with Crippen molar-refractivity contribution in [3.05, 3.63) is 51.8 Å². The van der Waals surface area contributed by atoms with Gasteiger partial charge in [-0.05, 0) is 43.2 Å². The topological polar surface area (TPSA) is 54.2 Å². The van der Waals surface area contributed by atoms with Crippen LogP contribution in [0.1, 0.15) is 23.7 Å². The van der Waals surface area contributed by atoms with E-state index in [9.17, 15) is 0 Å². The standard InChI is InChI=1S/C16H22BrN5.HI/c1-4-18-16(20-11-15-7-8-21-22(15)3)19-10-13-5-6-14(17)9-12(13)2;/h5-9H,4,10-11H2,1-3H3,(H2,18,19,20);1H. The molecule has 2 aromatic rings. The Bertz CT molecular complexity index is 654. The van der Waals surface area contributed by atoms with Crippen molar-refractivity contribution in [1.29, 1.82) is 0 Å². The van der Waals surface area contributed by atoms with E-state index >= 15 is 0 Å². The summed E-state index contributed by atoms with van der Waals surface area (Å²) in [7, 11) is 1.94. The van der Waals surface area contributed by atoms with Gasteiger partial charge < -0.3 is 10.6 Å². The third kappa shape index (κ3) is 6.14. The van der Waals surface area contributed by atoms with Gasteiger partial charge in [-0.15, -0.1) is 24.0 Å². The number of nitrogens with zero attached hydrogens (tertiary/aromatic N) is 3. The number of hydrogen-bond acceptors (Lipinski definition) is 2. The van der Waals surface area contributed by atoms with Crippen molar-refractivity contribution in [3.63, 3.8) is 0 Å². The molecule has 1 aromatic heterocycles. The van der Waals surface area contributed by atoms with E-state index in [-0.39, 0.29) is 24.0 Å². The minimum Gasteiger partial charge on any atom is -0.357 e. The predicted molar refractivity (Wildman–Crippen MR) is 109 cm³/mol. The molecule has 0 spiro atoms. The molecule has 0 saturated heterocycles. The normalized spacial score (nSPS) is 11.0. The lowest BCUT2D eigenvalue weighted by molar-refractivity contribution is 0.685. The smallest absolute Gasteiger partial charge is 0.191 e. The first-order chi connectivity index (χ1) is 10.6. The Labute approximate surface area is 163 Å². The van der Waals surface area contributed by atoms with Crippen LogP contribution in [0, 0.1) is 6.92 Å². The SMILES string of the molecule is CCNC(=NCc1ccc(Br)cc1C)NCc1ccnn1C.I. The van der Waals surface area contributed by atoms with Gasteiger partial charge in [0.05, 0.1) is 18.8 Å². The molecular weight excluding hydrogens is 469 g/mol. The van der Waals surface area contributed by atoms with Crippen LogP contribution in [0.15, 0.2) is 39.9 Å². The first-order valence-electron chi connectivity index (χ1n) is 7.34. The van der Waals surface area contributed by atoms with Crippen molar-refractivity contribution in [2.75, 3.05) is 6.54 Å². The Kier molecular flexibility index (Phi) is 8.60. The Morgan fingerprint density at radius 3 is 2.70 bits per heavy atom. The van der Waals surface area contributed by atoms with Crippen molar-refractivity contribution in [2.45, 2.75) is 26.9 Å². The highest BCUT2D eigenvalue weighted by Gasteiger charge is 2.03. The summed E-state index contributed by atoms with van der Waals surface area (Å²) in [6, 6.07) is 8.26. The van der Waals surface area contributed by atoms with Gasteiger partial charge in [-0.25, -0.2) is 4.99 Å². The second kappa shape index (κ2) is 9.92. The van der Waals surface area contributed by atoms with Gasteiger partial charge in [0, 0.05) is 24.3 Å². The lowest BCUT2D eigenvalue weighted by Gasteiger charge is -2.12. The summed E-state index contributed by atoms with van der Waals surface area (Å²) in [6.45, 7) is 6.34. The quantitative estimate of drug-likeness (QED) is 0.383. The average Bonchev–Trinajstić information content (AvgIpc) is 2.89. The number of guanidine groups is 1. The van der Waals surface area contributed by atoms with Gasteiger partial charge in [-0.3, -0.25) is 4.68 Å². The van der Waals surface area contributed by atoms with Crippen LogP contribution in [0.25, 0.3) is 0 Å². The Hall–Kier alpha value is -1.09. The zero-order valence-corrected chi connectivity index (χ0v) is 17.6.